The number of likely N-dealkylation sites (tertiary alicyclic amines) is 1. The SMILES string of the molecule is CC[C@]1(O)CCC[C@H]2CN(C(=O)c3cncn3C)C[C@H]21. The second-order valence-corrected chi connectivity index (χ2v) is 6.32. The van der Waals surface area contributed by atoms with Crippen LogP contribution in [-0.4, -0.2) is 44.2 Å². The molecular weight excluding hydrogens is 254 g/mol. The molecule has 1 saturated heterocycles. The Labute approximate surface area is 119 Å². The van der Waals surface area contributed by atoms with Crippen LogP contribution in [0.15, 0.2) is 12.5 Å². The maximum absolute atomic E-state index is 12.6. The molecule has 110 valence electrons. The molecule has 1 aromatic rings. The van der Waals surface area contributed by atoms with E-state index in [2.05, 4.69) is 4.98 Å². The molecule has 1 aromatic heterocycles. The van der Waals surface area contributed by atoms with Crippen molar-refractivity contribution in [3.8, 4) is 0 Å². The lowest BCUT2D eigenvalue weighted by Crippen LogP contribution is -2.44. The van der Waals surface area contributed by atoms with E-state index < -0.39 is 5.60 Å². The summed E-state index contributed by atoms with van der Waals surface area (Å²) in [6.07, 6.45) is 7.12. The first kappa shape index (κ1) is 13.6. The standard InChI is InChI=1S/C15H23N3O2/c1-3-15(20)6-4-5-11-8-18(9-12(11)15)14(19)13-7-16-10-17(13)2/h7,10-12,20H,3-6,8-9H2,1-2H3/t11-,12+,15-/m0/s1. The van der Waals surface area contributed by atoms with Crippen molar-refractivity contribution in [2.75, 3.05) is 13.1 Å². The number of amides is 1. The maximum atomic E-state index is 12.6. The van der Waals surface area contributed by atoms with Crippen LogP contribution in [0, 0.1) is 11.8 Å². The number of aliphatic hydroxyl groups is 1. The zero-order chi connectivity index (χ0) is 14.3. The van der Waals surface area contributed by atoms with Crippen LogP contribution in [0.2, 0.25) is 0 Å². The van der Waals surface area contributed by atoms with Crippen LogP contribution in [0.3, 0.4) is 0 Å². The lowest BCUT2D eigenvalue weighted by atomic mass is 9.69. The Kier molecular flexibility index (Phi) is 3.32. The van der Waals surface area contributed by atoms with Crippen molar-refractivity contribution in [3.63, 3.8) is 0 Å². The summed E-state index contributed by atoms with van der Waals surface area (Å²) in [5.41, 5.74) is 0.0494. The zero-order valence-corrected chi connectivity index (χ0v) is 12.2. The first-order chi connectivity index (χ1) is 9.55. The van der Waals surface area contributed by atoms with Crippen LogP contribution in [0.25, 0.3) is 0 Å². The third-order valence-corrected chi connectivity index (χ3v) is 5.25. The number of fused-ring (bicyclic) bond motifs is 1. The van der Waals surface area contributed by atoms with Gasteiger partial charge in [0.1, 0.15) is 5.69 Å². The van der Waals surface area contributed by atoms with E-state index in [1.807, 2.05) is 18.9 Å². The molecule has 0 aromatic carbocycles. The number of aromatic nitrogens is 2. The molecule has 1 aliphatic heterocycles. The van der Waals surface area contributed by atoms with Crippen molar-refractivity contribution in [1.82, 2.24) is 14.5 Å². The average Bonchev–Trinajstić information content (AvgIpc) is 3.05. The van der Waals surface area contributed by atoms with Crippen molar-refractivity contribution >= 4 is 5.91 Å². The number of carbonyl (C=O) groups excluding carboxylic acids is 1. The fourth-order valence-corrected chi connectivity index (χ4v) is 3.96. The Morgan fingerprint density at radius 1 is 1.55 bits per heavy atom. The summed E-state index contributed by atoms with van der Waals surface area (Å²) in [4.78, 5) is 18.5. The zero-order valence-electron chi connectivity index (χ0n) is 12.2. The van der Waals surface area contributed by atoms with Crippen LogP contribution in [-0.2, 0) is 7.05 Å². The van der Waals surface area contributed by atoms with Gasteiger partial charge in [-0.25, -0.2) is 4.98 Å². The highest BCUT2D eigenvalue weighted by atomic mass is 16.3. The normalized spacial score (nSPS) is 33.2. The first-order valence-electron chi connectivity index (χ1n) is 7.53. The average molecular weight is 277 g/mol. The second kappa shape index (κ2) is 4.88. The number of rotatable bonds is 2. The lowest BCUT2D eigenvalue weighted by Gasteiger charge is -2.40. The van der Waals surface area contributed by atoms with E-state index in [1.54, 1.807) is 17.1 Å². The highest BCUT2D eigenvalue weighted by Crippen LogP contribution is 2.44. The number of hydrogen-bond donors (Lipinski definition) is 1. The summed E-state index contributed by atoms with van der Waals surface area (Å²) in [7, 11) is 1.84. The monoisotopic (exact) mass is 277 g/mol. The lowest BCUT2D eigenvalue weighted by molar-refractivity contribution is -0.0609. The molecule has 1 N–H and O–H groups in total. The Morgan fingerprint density at radius 3 is 3.00 bits per heavy atom. The molecule has 5 nitrogen and oxygen atoms in total. The molecule has 0 bridgehead atoms. The number of hydrogen-bond acceptors (Lipinski definition) is 3. The van der Waals surface area contributed by atoms with Gasteiger partial charge in [-0.1, -0.05) is 13.3 Å². The second-order valence-electron chi connectivity index (χ2n) is 6.32. The van der Waals surface area contributed by atoms with Crippen molar-refractivity contribution in [1.29, 1.82) is 0 Å². The summed E-state index contributed by atoms with van der Waals surface area (Å²) in [5.74, 6) is 0.724. The van der Waals surface area contributed by atoms with Gasteiger partial charge in [-0.15, -0.1) is 0 Å². The van der Waals surface area contributed by atoms with E-state index in [9.17, 15) is 9.90 Å². The van der Waals surface area contributed by atoms with Crippen molar-refractivity contribution < 1.29 is 9.90 Å². The highest BCUT2D eigenvalue weighted by Gasteiger charge is 2.48. The fourth-order valence-electron chi connectivity index (χ4n) is 3.96. The Hall–Kier alpha value is -1.36. The minimum atomic E-state index is -0.579. The summed E-state index contributed by atoms with van der Waals surface area (Å²) < 4.78 is 1.76. The van der Waals surface area contributed by atoms with Gasteiger partial charge < -0.3 is 14.6 Å². The summed E-state index contributed by atoms with van der Waals surface area (Å²) in [5, 5.41) is 10.8. The van der Waals surface area contributed by atoms with E-state index in [1.165, 1.54) is 0 Å². The molecule has 3 atom stereocenters. The minimum Gasteiger partial charge on any atom is -0.390 e. The van der Waals surface area contributed by atoms with Crippen molar-refractivity contribution in [3.05, 3.63) is 18.2 Å². The fraction of sp³-hybridized carbons (Fsp3) is 0.733. The third kappa shape index (κ3) is 2.04. The molecule has 5 heteroatoms. The molecule has 0 unspecified atom stereocenters. The van der Waals surface area contributed by atoms with E-state index in [0.717, 1.165) is 32.2 Å². The van der Waals surface area contributed by atoms with Gasteiger partial charge in [-0.2, -0.15) is 0 Å². The van der Waals surface area contributed by atoms with E-state index >= 15 is 0 Å². The van der Waals surface area contributed by atoms with E-state index in [4.69, 9.17) is 0 Å². The van der Waals surface area contributed by atoms with Crippen LogP contribution < -0.4 is 0 Å². The predicted octanol–water partition coefficient (Wildman–Crippen LogP) is 1.43. The van der Waals surface area contributed by atoms with Gasteiger partial charge in [0.25, 0.3) is 5.91 Å². The van der Waals surface area contributed by atoms with Crippen LogP contribution in [0.1, 0.15) is 43.1 Å². The minimum absolute atomic E-state index is 0.0397. The molecule has 0 radical (unpaired) electrons. The van der Waals surface area contributed by atoms with E-state index in [-0.39, 0.29) is 11.8 Å². The van der Waals surface area contributed by atoms with Gasteiger partial charge in [0.15, 0.2) is 0 Å². The number of aryl methyl sites for hydroxylation is 1. The molecular formula is C15H23N3O2. The van der Waals surface area contributed by atoms with Gasteiger partial charge in [-0.3, -0.25) is 4.79 Å². The summed E-state index contributed by atoms with van der Waals surface area (Å²) >= 11 is 0. The molecule has 3 rings (SSSR count). The first-order valence-corrected chi connectivity index (χ1v) is 7.53. The molecule has 20 heavy (non-hydrogen) atoms. The molecule has 2 fully saturated rings. The van der Waals surface area contributed by atoms with Crippen LogP contribution in [0.5, 0.6) is 0 Å². The van der Waals surface area contributed by atoms with Crippen molar-refractivity contribution in [2.24, 2.45) is 18.9 Å². The van der Waals surface area contributed by atoms with Gasteiger partial charge in [0.2, 0.25) is 0 Å². The topological polar surface area (TPSA) is 58.4 Å². The van der Waals surface area contributed by atoms with Gasteiger partial charge >= 0.3 is 0 Å². The molecule has 1 aliphatic carbocycles. The van der Waals surface area contributed by atoms with Gasteiger partial charge in [-0.05, 0) is 25.2 Å². The van der Waals surface area contributed by atoms with E-state index in [0.29, 0.717) is 18.2 Å². The highest BCUT2D eigenvalue weighted by molar-refractivity contribution is 5.92. The largest absolute Gasteiger partial charge is 0.390 e. The summed E-state index contributed by atoms with van der Waals surface area (Å²) in [6.45, 7) is 3.50. The van der Waals surface area contributed by atoms with Crippen LogP contribution >= 0.6 is 0 Å². The molecule has 1 amide bonds. The van der Waals surface area contributed by atoms with Crippen LogP contribution in [0.4, 0.5) is 0 Å². The quantitative estimate of drug-likeness (QED) is 0.889. The number of imidazole rings is 1. The van der Waals surface area contributed by atoms with Gasteiger partial charge in [0.05, 0.1) is 18.1 Å². The number of carbonyl (C=O) groups is 1. The Balaban J connectivity index is 1.79. The third-order valence-electron chi connectivity index (χ3n) is 5.25. The molecule has 0 spiro atoms. The molecule has 2 heterocycles. The Bertz CT molecular complexity index is 513. The van der Waals surface area contributed by atoms with Gasteiger partial charge in [0, 0.05) is 26.1 Å². The summed E-state index contributed by atoms with van der Waals surface area (Å²) in [6, 6.07) is 0. The molecule has 1 saturated carbocycles. The molecule has 2 aliphatic rings. The number of nitrogens with zero attached hydrogens (tertiary/aromatic N) is 3. The maximum Gasteiger partial charge on any atom is 0.272 e. The Morgan fingerprint density at radius 2 is 2.35 bits per heavy atom. The smallest absolute Gasteiger partial charge is 0.272 e. The predicted molar refractivity (Wildman–Crippen MR) is 75.2 cm³/mol. The van der Waals surface area contributed by atoms with Crippen molar-refractivity contribution in [2.45, 2.75) is 38.2 Å².